The second kappa shape index (κ2) is 9.65. The number of nitrogens with zero attached hydrogens (tertiary/aromatic N) is 4. The quantitative estimate of drug-likeness (QED) is 0.642. The van der Waals surface area contributed by atoms with Gasteiger partial charge in [0.05, 0.1) is 4.91 Å². The maximum Gasteiger partial charge on any atom is 0.294 e. The lowest BCUT2D eigenvalue weighted by molar-refractivity contribution is -0.135. The van der Waals surface area contributed by atoms with Gasteiger partial charge in [-0.15, -0.1) is 0 Å². The molecule has 0 N–H and O–H groups in total. The summed E-state index contributed by atoms with van der Waals surface area (Å²) in [7, 11) is 3.98. The zero-order valence-electron chi connectivity index (χ0n) is 18.5. The lowest BCUT2D eigenvalue weighted by Gasteiger charge is -2.22. The Bertz CT molecular complexity index is 1030. The monoisotopic (exact) mass is 452 g/mol. The van der Waals surface area contributed by atoms with E-state index in [1.807, 2.05) is 66.2 Å². The third kappa shape index (κ3) is 4.75. The summed E-state index contributed by atoms with van der Waals surface area (Å²) in [6.07, 6.45) is 7.82. The predicted octanol–water partition coefficient (Wildman–Crippen LogP) is 3.98. The maximum atomic E-state index is 12.9. The van der Waals surface area contributed by atoms with Crippen LogP contribution in [0, 0.1) is 0 Å². The van der Waals surface area contributed by atoms with Gasteiger partial charge in [0, 0.05) is 50.5 Å². The first-order valence-corrected chi connectivity index (χ1v) is 11.7. The zero-order chi connectivity index (χ0) is 22.7. The number of rotatable bonds is 5. The van der Waals surface area contributed by atoms with E-state index in [-0.39, 0.29) is 12.5 Å². The van der Waals surface area contributed by atoms with Crippen LogP contribution in [0.3, 0.4) is 0 Å². The Morgan fingerprint density at radius 1 is 1.03 bits per heavy atom. The molecule has 32 heavy (non-hydrogen) atoms. The molecule has 0 atom stereocenters. The number of thioether (sulfide) groups is 1. The molecule has 0 radical (unpaired) electrons. The highest BCUT2D eigenvalue weighted by molar-refractivity contribution is 8.18. The largest absolute Gasteiger partial charge is 0.378 e. The Kier molecular flexibility index (Phi) is 6.69. The van der Waals surface area contributed by atoms with Crippen molar-refractivity contribution < 1.29 is 14.4 Å². The van der Waals surface area contributed by atoms with Crippen LogP contribution in [0.25, 0.3) is 11.8 Å². The highest BCUT2D eigenvalue weighted by atomic mass is 32.2. The van der Waals surface area contributed by atoms with Crippen LogP contribution < -0.4 is 4.90 Å². The molecule has 7 nitrogen and oxygen atoms in total. The number of likely N-dealkylation sites (tertiary alicyclic amines) is 1. The van der Waals surface area contributed by atoms with Crippen molar-refractivity contribution in [3.8, 4) is 5.69 Å². The van der Waals surface area contributed by atoms with E-state index < -0.39 is 11.1 Å². The van der Waals surface area contributed by atoms with Gasteiger partial charge in [-0.3, -0.25) is 19.3 Å². The van der Waals surface area contributed by atoms with Crippen LogP contribution in [-0.2, 0) is 9.59 Å². The number of hydrogen-bond donors (Lipinski definition) is 0. The summed E-state index contributed by atoms with van der Waals surface area (Å²) in [5.41, 5.74) is 2.85. The normalized spacial score (nSPS) is 18.4. The van der Waals surface area contributed by atoms with Gasteiger partial charge in [0.2, 0.25) is 5.91 Å². The average molecular weight is 453 g/mol. The Morgan fingerprint density at radius 2 is 1.72 bits per heavy atom. The lowest BCUT2D eigenvalue weighted by atomic mass is 10.2. The molecule has 2 saturated heterocycles. The molecular weight excluding hydrogens is 424 g/mol. The van der Waals surface area contributed by atoms with Gasteiger partial charge in [0.25, 0.3) is 11.1 Å². The summed E-state index contributed by atoms with van der Waals surface area (Å²) in [5, 5.41) is -0.391. The molecule has 3 heterocycles. The fourth-order valence-electron chi connectivity index (χ4n) is 3.98. The van der Waals surface area contributed by atoms with Crippen LogP contribution in [0.1, 0.15) is 31.4 Å². The van der Waals surface area contributed by atoms with E-state index in [4.69, 9.17) is 0 Å². The van der Waals surface area contributed by atoms with Gasteiger partial charge in [0.1, 0.15) is 6.54 Å². The predicted molar refractivity (Wildman–Crippen MR) is 128 cm³/mol. The van der Waals surface area contributed by atoms with Gasteiger partial charge in [-0.25, -0.2) is 0 Å². The minimum Gasteiger partial charge on any atom is -0.378 e. The number of imide groups is 1. The fourth-order valence-corrected chi connectivity index (χ4v) is 4.81. The number of hydrogen-bond acceptors (Lipinski definition) is 5. The molecule has 0 saturated carbocycles. The number of amides is 3. The summed E-state index contributed by atoms with van der Waals surface area (Å²) >= 11 is 0.891. The molecule has 0 unspecified atom stereocenters. The summed E-state index contributed by atoms with van der Waals surface area (Å²) in [6.45, 7) is 1.21. The van der Waals surface area contributed by atoms with Crippen molar-refractivity contribution in [2.45, 2.75) is 25.7 Å². The van der Waals surface area contributed by atoms with Crippen LogP contribution in [0.4, 0.5) is 10.5 Å². The number of anilines is 1. The minimum atomic E-state index is -0.404. The van der Waals surface area contributed by atoms with Gasteiger partial charge >= 0.3 is 0 Å². The van der Waals surface area contributed by atoms with Crippen molar-refractivity contribution in [2.75, 3.05) is 38.6 Å². The SMILES string of the molecule is CN(C)c1ccc(-n2cccc2C=C2SC(=O)N(CC(=O)N3CCCCCC3)C2=O)cc1. The zero-order valence-corrected chi connectivity index (χ0v) is 19.3. The van der Waals surface area contributed by atoms with E-state index in [0.717, 1.165) is 59.4 Å². The summed E-state index contributed by atoms with van der Waals surface area (Å²) in [5.74, 6) is -0.557. The number of carbonyl (C=O) groups excluding carboxylic acids is 3. The molecule has 1 aromatic carbocycles. The van der Waals surface area contributed by atoms with Crippen molar-refractivity contribution in [3.05, 3.63) is 53.2 Å². The summed E-state index contributed by atoms with van der Waals surface area (Å²) < 4.78 is 1.97. The third-order valence-electron chi connectivity index (χ3n) is 5.83. The van der Waals surface area contributed by atoms with E-state index in [1.165, 1.54) is 0 Å². The molecule has 3 amide bonds. The van der Waals surface area contributed by atoms with E-state index >= 15 is 0 Å². The van der Waals surface area contributed by atoms with Gasteiger partial charge in [-0.1, -0.05) is 12.8 Å². The number of carbonyl (C=O) groups is 3. The Labute approximate surface area is 192 Å². The van der Waals surface area contributed by atoms with Crippen LogP contribution in [0.5, 0.6) is 0 Å². The van der Waals surface area contributed by atoms with Gasteiger partial charge < -0.3 is 14.4 Å². The molecule has 2 aromatic rings. The highest BCUT2D eigenvalue weighted by Crippen LogP contribution is 2.33. The minimum absolute atomic E-state index is 0.153. The Balaban J connectivity index is 1.50. The molecule has 0 bridgehead atoms. The van der Waals surface area contributed by atoms with Crippen molar-refractivity contribution in [3.63, 3.8) is 0 Å². The first-order chi connectivity index (χ1) is 15.4. The highest BCUT2D eigenvalue weighted by Gasteiger charge is 2.37. The van der Waals surface area contributed by atoms with Crippen LogP contribution >= 0.6 is 11.8 Å². The fraction of sp³-hybridized carbons (Fsp3) is 0.375. The van der Waals surface area contributed by atoms with E-state index in [2.05, 4.69) is 0 Å². The van der Waals surface area contributed by atoms with Gasteiger partial charge in [-0.2, -0.15) is 0 Å². The molecule has 2 fully saturated rings. The molecular formula is C24H28N4O3S. The molecule has 168 valence electrons. The number of benzene rings is 1. The Hall–Kier alpha value is -3.00. The van der Waals surface area contributed by atoms with Crippen molar-refractivity contribution in [2.24, 2.45) is 0 Å². The van der Waals surface area contributed by atoms with E-state index in [1.54, 1.807) is 11.0 Å². The second-order valence-electron chi connectivity index (χ2n) is 8.28. The Morgan fingerprint density at radius 3 is 2.38 bits per heavy atom. The molecule has 1 aromatic heterocycles. The van der Waals surface area contributed by atoms with E-state index in [0.29, 0.717) is 18.0 Å². The third-order valence-corrected chi connectivity index (χ3v) is 6.74. The summed E-state index contributed by atoms with van der Waals surface area (Å²) in [4.78, 5) is 43.3. The molecule has 0 aliphatic carbocycles. The first-order valence-electron chi connectivity index (χ1n) is 10.9. The lowest BCUT2D eigenvalue weighted by Crippen LogP contribution is -2.42. The van der Waals surface area contributed by atoms with Gasteiger partial charge in [-0.05, 0) is 67.1 Å². The standard InChI is InChI=1S/C24H28N4O3S/c1-25(2)18-9-11-19(12-10-18)27-15-7-8-20(27)16-21-23(30)28(24(31)32-21)17-22(29)26-13-5-3-4-6-14-26/h7-12,15-16H,3-6,13-14,17H2,1-2H3. The summed E-state index contributed by atoms with van der Waals surface area (Å²) in [6, 6.07) is 11.9. The molecule has 8 heteroatoms. The average Bonchev–Trinajstić information content (AvgIpc) is 3.21. The van der Waals surface area contributed by atoms with Crippen molar-refractivity contribution in [1.82, 2.24) is 14.4 Å². The second-order valence-corrected chi connectivity index (χ2v) is 9.27. The molecule has 2 aliphatic rings. The van der Waals surface area contributed by atoms with E-state index in [9.17, 15) is 14.4 Å². The van der Waals surface area contributed by atoms with Crippen molar-refractivity contribution >= 4 is 40.6 Å². The van der Waals surface area contributed by atoms with Crippen LogP contribution in [0.15, 0.2) is 47.5 Å². The van der Waals surface area contributed by atoms with Crippen LogP contribution in [-0.4, -0.2) is 65.2 Å². The topological polar surface area (TPSA) is 65.9 Å². The number of aromatic nitrogens is 1. The first kappa shape index (κ1) is 22.2. The molecule has 2 aliphatic heterocycles. The van der Waals surface area contributed by atoms with Gasteiger partial charge in [0.15, 0.2) is 0 Å². The smallest absolute Gasteiger partial charge is 0.294 e. The van der Waals surface area contributed by atoms with Crippen LogP contribution in [0.2, 0.25) is 0 Å². The molecule has 4 rings (SSSR count). The van der Waals surface area contributed by atoms with Crippen molar-refractivity contribution in [1.29, 1.82) is 0 Å². The molecule has 0 spiro atoms. The maximum absolute atomic E-state index is 12.9.